The number of nitro benzene ring substituents is 1. The predicted molar refractivity (Wildman–Crippen MR) is 63.3 cm³/mol. The van der Waals surface area contributed by atoms with E-state index in [9.17, 15) is 14.9 Å². The topological polar surface area (TPSA) is 69.4 Å². The molecule has 0 atom stereocenters. The molecule has 0 aliphatic rings. The number of ether oxygens (including phenoxy) is 1. The minimum Gasteiger partial charge on any atom is -0.469 e. The Morgan fingerprint density at radius 2 is 1.88 bits per heavy atom. The Hall–Kier alpha value is -2.35. The van der Waals surface area contributed by atoms with Crippen molar-refractivity contribution in [2.45, 2.75) is 12.8 Å². The van der Waals surface area contributed by atoms with Gasteiger partial charge in [-0.05, 0) is 12.0 Å². The van der Waals surface area contributed by atoms with Crippen LogP contribution in [0.1, 0.15) is 12.0 Å². The molecule has 0 N–H and O–H groups in total. The second kappa shape index (κ2) is 7.88. The quantitative estimate of drug-likeness (QED) is 0.346. The number of nitro groups is 1. The first-order chi connectivity index (χ1) is 8.13. The van der Waals surface area contributed by atoms with Gasteiger partial charge in [0.05, 0.1) is 12.0 Å². The average molecular weight is 235 g/mol. The molecule has 90 valence electrons. The molecule has 0 radical (unpaired) electrons. The molecular weight excluding hydrogens is 222 g/mol. The Labute approximate surface area is 99.6 Å². The Morgan fingerprint density at radius 1 is 1.35 bits per heavy atom. The number of benzene rings is 1. The minimum atomic E-state index is -0.454. The zero-order valence-electron chi connectivity index (χ0n) is 9.46. The molecular formula is C12H13NO4. The highest BCUT2D eigenvalue weighted by atomic mass is 16.6. The van der Waals surface area contributed by atoms with Crippen LogP contribution in [0, 0.1) is 23.0 Å². The Balaban J connectivity index is 0.00000121. The summed E-state index contributed by atoms with van der Waals surface area (Å²) in [6.07, 6.45) is 8.82. The van der Waals surface area contributed by atoms with Gasteiger partial charge >= 0.3 is 5.97 Å². The van der Waals surface area contributed by atoms with Crippen LogP contribution in [-0.2, 0) is 16.0 Å². The Morgan fingerprint density at radius 3 is 2.29 bits per heavy atom. The van der Waals surface area contributed by atoms with Crippen molar-refractivity contribution in [3.05, 3.63) is 39.9 Å². The summed E-state index contributed by atoms with van der Waals surface area (Å²) < 4.78 is 4.49. The summed E-state index contributed by atoms with van der Waals surface area (Å²) in [5, 5.41) is 10.4. The molecule has 5 heteroatoms. The smallest absolute Gasteiger partial charge is 0.305 e. The average Bonchev–Trinajstić information content (AvgIpc) is 2.38. The summed E-state index contributed by atoms with van der Waals surface area (Å²) in [7, 11) is 1.33. The fourth-order valence-electron chi connectivity index (χ4n) is 1.13. The molecule has 0 saturated carbocycles. The van der Waals surface area contributed by atoms with Gasteiger partial charge in [-0.3, -0.25) is 14.9 Å². The number of non-ortho nitro benzene ring substituents is 1. The van der Waals surface area contributed by atoms with Gasteiger partial charge in [0.1, 0.15) is 0 Å². The number of esters is 1. The highest BCUT2D eigenvalue weighted by molar-refractivity contribution is 5.69. The molecule has 1 aromatic carbocycles. The SMILES string of the molecule is C#C.COC(=O)CCc1ccc([N+](=O)[O-])cc1. The van der Waals surface area contributed by atoms with Crippen LogP contribution in [-0.4, -0.2) is 18.0 Å². The van der Waals surface area contributed by atoms with Crippen molar-refractivity contribution in [1.29, 1.82) is 0 Å². The molecule has 5 nitrogen and oxygen atoms in total. The summed E-state index contributed by atoms with van der Waals surface area (Å²) in [6.45, 7) is 0. The van der Waals surface area contributed by atoms with E-state index in [-0.39, 0.29) is 18.1 Å². The number of terminal acetylenes is 1. The lowest BCUT2D eigenvalue weighted by Gasteiger charge is -1.99. The van der Waals surface area contributed by atoms with E-state index in [1.165, 1.54) is 19.2 Å². The highest BCUT2D eigenvalue weighted by Crippen LogP contribution is 2.13. The predicted octanol–water partition coefficient (Wildman–Crippen LogP) is 1.95. The standard InChI is InChI=1S/C10H11NO4.C2H2/c1-15-10(12)7-4-8-2-5-9(6-3-8)11(13)14;1-2/h2-3,5-6H,4,7H2,1H3;1-2H. The normalized spacial score (nSPS) is 8.65. The number of aryl methyl sites for hydroxylation is 1. The van der Waals surface area contributed by atoms with Crippen molar-refractivity contribution in [3.63, 3.8) is 0 Å². The van der Waals surface area contributed by atoms with E-state index in [1.54, 1.807) is 12.1 Å². The van der Waals surface area contributed by atoms with Crippen LogP contribution in [0.5, 0.6) is 0 Å². The van der Waals surface area contributed by atoms with Crippen molar-refractivity contribution < 1.29 is 14.5 Å². The summed E-state index contributed by atoms with van der Waals surface area (Å²) in [5.74, 6) is -0.284. The van der Waals surface area contributed by atoms with Crippen LogP contribution < -0.4 is 0 Å². The van der Waals surface area contributed by atoms with E-state index >= 15 is 0 Å². The third kappa shape index (κ3) is 5.33. The van der Waals surface area contributed by atoms with Crippen LogP contribution in [0.3, 0.4) is 0 Å². The van der Waals surface area contributed by atoms with Gasteiger partial charge in [-0.15, -0.1) is 12.8 Å². The third-order valence-electron chi connectivity index (χ3n) is 1.99. The number of rotatable bonds is 4. The van der Waals surface area contributed by atoms with E-state index in [0.717, 1.165) is 5.56 Å². The molecule has 0 spiro atoms. The molecule has 0 amide bonds. The van der Waals surface area contributed by atoms with E-state index in [2.05, 4.69) is 17.6 Å². The fourth-order valence-corrected chi connectivity index (χ4v) is 1.13. The maximum atomic E-state index is 10.8. The van der Waals surface area contributed by atoms with Gasteiger partial charge < -0.3 is 4.74 Å². The summed E-state index contributed by atoms with van der Waals surface area (Å²) in [4.78, 5) is 20.7. The van der Waals surface area contributed by atoms with Crippen molar-refractivity contribution in [1.82, 2.24) is 0 Å². The molecule has 17 heavy (non-hydrogen) atoms. The van der Waals surface area contributed by atoms with Crippen LogP contribution >= 0.6 is 0 Å². The lowest BCUT2D eigenvalue weighted by atomic mass is 10.1. The molecule has 1 aromatic rings. The highest BCUT2D eigenvalue weighted by Gasteiger charge is 2.05. The fraction of sp³-hybridized carbons (Fsp3) is 0.250. The molecule has 0 aliphatic carbocycles. The summed E-state index contributed by atoms with van der Waals surface area (Å²) >= 11 is 0. The van der Waals surface area contributed by atoms with Crippen LogP contribution in [0.2, 0.25) is 0 Å². The monoisotopic (exact) mass is 235 g/mol. The number of hydrogen-bond donors (Lipinski definition) is 0. The lowest BCUT2D eigenvalue weighted by Crippen LogP contribution is -2.01. The van der Waals surface area contributed by atoms with E-state index in [1.807, 2.05) is 0 Å². The number of carbonyl (C=O) groups excluding carboxylic acids is 1. The maximum absolute atomic E-state index is 10.8. The van der Waals surface area contributed by atoms with Crippen molar-refractivity contribution in [2.24, 2.45) is 0 Å². The molecule has 0 saturated heterocycles. The van der Waals surface area contributed by atoms with Crippen LogP contribution in [0.25, 0.3) is 0 Å². The van der Waals surface area contributed by atoms with Gasteiger partial charge in [0.15, 0.2) is 0 Å². The first-order valence-electron chi connectivity index (χ1n) is 4.77. The van der Waals surface area contributed by atoms with Crippen molar-refractivity contribution in [2.75, 3.05) is 7.11 Å². The first-order valence-corrected chi connectivity index (χ1v) is 4.77. The summed E-state index contributed by atoms with van der Waals surface area (Å²) in [5.41, 5.74) is 0.933. The van der Waals surface area contributed by atoms with Crippen molar-refractivity contribution >= 4 is 11.7 Å². The molecule has 0 unspecified atom stereocenters. The van der Waals surface area contributed by atoms with Gasteiger partial charge in [-0.1, -0.05) is 12.1 Å². The largest absolute Gasteiger partial charge is 0.469 e. The van der Waals surface area contributed by atoms with Gasteiger partial charge in [0, 0.05) is 18.6 Å². The van der Waals surface area contributed by atoms with E-state index in [4.69, 9.17) is 0 Å². The lowest BCUT2D eigenvalue weighted by molar-refractivity contribution is -0.384. The number of carbonyl (C=O) groups is 1. The zero-order valence-corrected chi connectivity index (χ0v) is 9.46. The Bertz CT molecular complexity index is 395. The van der Waals surface area contributed by atoms with Gasteiger partial charge in [-0.2, -0.15) is 0 Å². The Kier molecular flexibility index (Phi) is 6.79. The van der Waals surface area contributed by atoms with E-state index in [0.29, 0.717) is 6.42 Å². The van der Waals surface area contributed by atoms with Gasteiger partial charge in [0.25, 0.3) is 5.69 Å². The second-order valence-electron chi connectivity index (χ2n) is 3.00. The maximum Gasteiger partial charge on any atom is 0.305 e. The second-order valence-corrected chi connectivity index (χ2v) is 3.00. The third-order valence-corrected chi connectivity index (χ3v) is 1.99. The molecule has 0 bridgehead atoms. The molecule has 1 rings (SSSR count). The number of hydrogen-bond acceptors (Lipinski definition) is 4. The minimum absolute atomic E-state index is 0.0526. The van der Waals surface area contributed by atoms with E-state index < -0.39 is 4.92 Å². The van der Waals surface area contributed by atoms with Gasteiger partial charge in [-0.25, -0.2) is 0 Å². The molecule has 0 fully saturated rings. The van der Waals surface area contributed by atoms with Crippen LogP contribution in [0.15, 0.2) is 24.3 Å². The van der Waals surface area contributed by atoms with Crippen molar-refractivity contribution in [3.8, 4) is 12.8 Å². The number of nitrogens with zero attached hydrogens (tertiary/aromatic N) is 1. The molecule has 0 heterocycles. The molecule has 0 aliphatic heterocycles. The van der Waals surface area contributed by atoms with Gasteiger partial charge in [0.2, 0.25) is 0 Å². The molecule has 0 aromatic heterocycles. The van der Waals surface area contributed by atoms with Crippen LogP contribution in [0.4, 0.5) is 5.69 Å². The summed E-state index contributed by atoms with van der Waals surface area (Å²) in [6, 6.07) is 6.13. The number of methoxy groups -OCH3 is 1. The zero-order chi connectivity index (χ0) is 13.3. The first kappa shape index (κ1) is 14.6.